The van der Waals surface area contributed by atoms with Crippen molar-refractivity contribution < 1.29 is 14.7 Å². The maximum Gasteiger partial charge on any atom is 0.326 e. The molecule has 0 aromatic carbocycles. The van der Waals surface area contributed by atoms with Gasteiger partial charge in [-0.05, 0) is 25.0 Å². The molecule has 1 aliphatic rings. The normalized spacial score (nSPS) is 18.7. The maximum absolute atomic E-state index is 11.9. The summed E-state index contributed by atoms with van der Waals surface area (Å²) < 4.78 is 0. The van der Waals surface area contributed by atoms with Gasteiger partial charge in [-0.3, -0.25) is 4.98 Å². The fraction of sp³-hybridized carbons (Fsp3) is 0.417. The van der Waals surface area contributed by atoms with Crippen LogP contribution in [0.2, 0.25) is 0 Å². The molecule has 1 aliphatic heterocycles. The summed E-state index contributed by atoms with van der Waals surface area (Å²) >= 11 is 0. The van der Waals surface area contributed by atoms with Gasteiger partial charge in [0.1, 0.15) is 6.04 Å². The molecule has 2 heterocycles. The number of aliphatic carboxylic acids is 1. The number of likely N-dealkylation sites (tertiary alicyclic amines) is 1. The van der Waals surface area contributed by atoms with Crippen LogP contribution in [0.3, 0.4) is 0 Å². The van der Waals surface area contributed by atoms with Crippen LogP contribution in [0.1, 0.15) is 18.5 Å². The average molecular weight is 249 g/mol. The monoisotopic (exact) mass is 249 g/mol. The van der Waals surface area contributed by atoms with Crippen molar-refractivity contribution in [2.45, 2.75) is 25.4 Å². The first kappa shape index (κ1) is 12.3. The van der Waals surface area contributed by atoms with Crippen LogP contribution in [-0.2, 0) is 11.3 Å². The molecule has 6 nitrogen and oxygen atoms in total. The summed E-state index contributed by atoms with van der Waals surface area (Å²) in [5, 5.41) is 11.7. The van der Waals surface area contributed by atoms with E-state index < -0.39 is 12.0 Å². The van der Waals surface area contributed by atoms with Gasteiger partial charge < -0.3 is 15.3 Å². The highest BCUT2D eigenvalue weighted by Crippen LogP contribution is 2.17. The molecule has 2 rings (SSSR count). The van der Waals surface area contributed by atoms with Crippen molar-refractivity contribution in [1.82, 2.24) is 15.2 Å². The zero-order valence-corrected chi connectivity index (χ0v) is 9.87. The number of carbonyl (C=O) groups is 2. The predicted molar refractivity (Wildman–Crippen MR) is 63.8 cm³/mol. The third kappa shape index (κ3) is 2.77. The molecule has 1 aromatic rings. The SMILES string of the molecule is O=C(O)[C@H]1CCCN1C(=O)NCc1ccccn1. The number of pyridine rings is 1. The number of carboxylic acid groups (broad SMARTS) is 1. The van der Waals surface area contributed by atoms with Gasteiger partial charge in [0.05, 0.1) is 12.2 Å². The molecular weight excluding hydrogens is 234 g/mol. The van der Waals surface area contributed by atoms with Gasteiger partial charge in [0.15, 0.2) is 0 Å². The Morgan fingerprint density at radius 2 is 2.33 bits per heavy atom. The van der Waals surface area contributed by atoms with Gasteiger partial charge in [-0.1, -0.05) is 6.07 Å². The lowest BCUT2D eigenvalue weighted by molar-refractivity contribution is -0.141. The smallest absolute Gasteiger partial charge is 0.326 e. The van der Waals surface area contributed by atoms with E-state index in [1.54, 1.807) is 18.3 Å². The average Bonchev–Trinajstić information content (AvgIpc) is 2.86. The van der Waals surface area contributed by atoms with E-state index in [2.05, 4.69) is 10.3 Å². The second-order valence-electron chi connectivity index (χ2n) is 4.17. The van der Waals surface area contributed by atoms with Gasteiger partial charge in [0.25, 0.3) is 0 Å². The molecular formula is C12H15N3O3. The van der Waals surface area contributed by atoms with Crippen molar-refractivity contribution in [3.05, 3.63) is 30.1 Å². The molecule has 2 N–H and O–H groups in total. The maximum atomic E-state index is 11.9. The van der Waals surface area contributed by atoms with Crippen LogP contribution in [0.5, 0.6) is 0 Å². The molecule has 18 heavy (non-hydrogen) atoms. The Kier molecular flexibility index (Phi) is 3.76. The Labute approximate surface area is 105 Å². The van der Waals surface area contributed by atoms with E-state index >= 15 is 0 Å². The molecule has 1 saturated heterocycles. The van der Waals surface area contributed by atoms with E-state index in [-0.39, 0.29) is 6.03 Å². The van der Waals surface area contributed by atoms with Crippen LogP contribution >= 0.6 is 0 Å². The lowest BCUT2D eigenvalue weighted by Crippen LogP contribution is -2.45. The minimum atomic E-state index is -0.944. The Balaban J connectivity index is 1.90. The van der Waals surface area contributed by atoms with Gasteiger partial charge >= 0.3 is 12.0 Å². The van der Waals surface area contributed by atoms with Crippen LogP contribution < -0.4 is 5.32 Å². The summed E-state index contributed by atoms with van der Waals surface area (Å²) in [6, 6.07) is 4.40. The Morgan fingerprint density at radius 3 is 3.00 bits per heavy atom. The largest absolute Gasteiger partial charge is 0.480 e. The van der Waals surface area contributed by atoms with Crippen molar-refractivity contribution >= 4 is 12.0 Å². The number of hydrogen-bond acceptors (Lipinski definition) is 3. The van der Waals surface area contributed by atoms with Crippen molar-refractivity contribution in [3.63, 3.8) is 0 Å². The first-order chi connectivity index (χ1) is 8.68. The van der Waals surface area contributed by atoms with E-state index in [4.69, 9.17) is 5.11 Å². The third-order valence-corrected chi connectivity index (χ3v) is 2.95. The molecule has 0 saturated carbocycles. The number of nitrogens with zero attached hydrogens (tertiary/aromatic N) is 2. The molecule has 6 heteroatoms. The molecule has 1 atom stereocenters. The highest BCUT2D eigenvalue weighted by atomic mass is 16.4. The second kappa shape index (κ2) is 5.48. The van der Waals surface area contributed by atoms with Crippen LogP contribution in [0.25, 0.3) is 0 Å². The fourth-order valence-electron chi connectivity index (χ4n) is 2.04. The van der Waals surface area contributed by atoms with Crippen molar-refractivity contribution in [1.29, 1.82) is 0 Å². The molecule has 1 aromatic heterocycles. The first-order valence-electron chi connectivity index (χ1n) is 5.85. The number of nitrogens with one attached hydrogen (secondary N) is 1. The summed E-state index contributed by atoms with van der Waals surface area (Å²) in [6.45, 7) is 0.799. The molecule has 0 bridgehead atoms. The van der Waals surface area contributed by atoms with E-state index in [0.29, 0.717) is 19.5 Å². The van der Waals surface area contributed by atoms with Crippen LogP contribution in [0, 0.1) is 0 Å². The minimum absolute atomic E-state index is 0.308. The predicted octanol–water partition coefficient (Wildman–Crippen LogP) is 0.840. The molecule has 1 fully saturated rings. The molecule has 0 spiro atoms. The van der Waals surface area contributed by atoms with Gasteiger partial charge in [-0.2, -0.15) is 0 Å². The molecule has 0 radical (unpaired) electrons. The van der Waals surface area contributed by atoms with Gasteiger partial charge in [-0.25, -0.2) is 9.59 Å². The number of carbonyl (C=O) groups excluding carboxylic acids is 1. The van der Waals surface area contributed by atoms with E-state index in [1.165, 1.54) is 4.90 Å². The Hall–Kier alpha value is -2.11. The van der Waals surface area contributed by atoms with Crippen LogP contribution in [0.4, 0.5) is 4.79 Å². The van der Waals surface area contributed by atoms with Gasteiger partial charge in [-0.15, -0.1) is 0 Å². The highest BCUT2D eigenvalue weighted by molar-refractivity contribution is 5.83. The van der Waals surface area contributed by atoms with Crippen LogP contribution in [0.15, 0.2) is 24.4 Å². The topological polar surface area (TPSA) is 82.5 Å². The Bertz CT molecular complexity index is 435. The lowest BCUT2D eigenvalue weighted by Gasteiger charge is -2.21. The van der Waals surface area contributed by atoms with E-state index in [1.807, 2.05) is 6.07 Å². The fourth-order valence-corrected chi connectivity index (χ4v) is 2.04. The lowest BCUT2D eigenvalue weighted by atomic mass is 10.2. The summed E-state index contributed by atoms with van der Waals surface area (Å²) in [5.41, 5.74) is 0.747. The Morgan fingerprint density at radius 1 is 1.50 bits per heavy atom. The molecule has 0 unspecified atom stereocenters. The zero-order valence-electron chi connectivity index (χ0n) is 9.87. The third-order valence-electron chi connectivity index (χ3n) is 2.95. The summed E-state index contributed by atoms with van der Waals surface area (Å²) in [7, 11) is 0. The van der Waals surface area contributed by atoms with Crippen molar-refractivity contribution in [2.75, 3.05) is 6.54 Å². The second-order valence-corrected chi connectivity index (χ2v) is 4.17. The summed E-state index contributed by atoms with van der Waals surface area (Å²) in [5.74, 6) is -0.944. The number of rotatable bonds is 3. The highest BCUT2D eigenvalue weighted by Gasteiger charge is 2.33. The quantitative estimate of drug-likeness (QED) is 0.831. The van der Waals surface area contributed by atoms with Gasteiger partial charge in [0, 0.05) is 12.7 Å². The summed E-state index contributed by atoms with van der Waals surface area (Å²) in [6.07, 6.45) is 2.90. The standard InChI is InChI=1S/C12H15N3O3/c16-11(17)10-5-3-7-15(10)12(18)14-8-9-4-1-2-6-13-9/h1-2,4,6,10H,3,5,7-8H2,(H,14,18)(H,16,17)/t10-/m1/s1. The zero-order chi connectivity index (χ0) is 13.0. The number of hydrogen-bond donors (Lipinski definition) is 2. The number of carboxylic acids is 1. The van der Waals surface area contributed by atoms with Gasteiger partial charge in [0.2, 0.25) is 0 Å². The molecule has 0 aliphatic carbocycles. The van der Waals surface area contributed by atoms with E-state index in [0.717, 1.165) is 12.1 Å². The van der Waals surface area contributed by atoms with Crippen molar-refractivity contribution in [3.8, 4) is 0 Å². The molecule has 96 valence electrons. The number of aromatic nitrogens is 1. The number of urea groups is 1. The van der Waals surface area contributed by atoms with Crippen molar-refractivity contribution in [2.24, 2.45) is 0 Å². The molecule has 2 amide bonds. The first-order valence-corrected chi connectivity index (χ1v) is 5.85. The van der Waals surface area contributed by atoms with E-state index in [9.17, 15) is 9.59 Å². The van der Waals surface area contributed by atoms with Crippen LogP contribution in [-0.4, -0.2) is 39.6 Å². The summed E-state index contributed by atoms with van der Waals surface area (Å²) in [4.78, 5) is 28.3. The minimum Gasteiger partial charge on any atom is -0.480 e. The number of amides is 2.